The van der Waals surface area contributed by atoms with E-state index in [-0.39, 0.29) is 11.7 Å². The van der Waals surface area contributed by atoms with Crippen LogP contribution in [-0.2, 0) is 13.1 Å². The molecular weight excluding hydrogens is 445 g/mol. The van der Waals surface area contributed by atoms with Crippen molar-refractivity contribution >= 4 is 23.2 Å². The van der Waals surface area contributed by atoms with Crippen molar-refractivity contribution < 1.29 is 13.9 Å². The van der Waals surface area contributed by atoms with E-state index in [1.54, 1.807) is 9.42 Å². The van der Waals surface area contributed by atoms with Crippen molar-refractivity contribution in [1.82, 2.24) is 24.4 Å². The van der Waals surface area contributed by atoms with Crippen molar-refractivity contribution in [3.8, 4) is 5.75 Å². The average Bonchev–Trinajstić information content (AvgIpc) is 3.47. The van der Waals surface area contributed by atoms with Gasteiger partial charge in [-0.15, -0.1) is 0 Å². The summed E-state index contributed by atoms with van der Waals surface area (Å²) in [7, 11) is 0. The Morgan fingerprint density at radius 1 is 1.30 bits per heavy atom. The molecule has 4 heterocycles. The minimum absolute atomic E-state index is 0.210. The van der Waals surface area contributed by atoms with E-state index in [2.05, 4.69) is 21.9 Å². The van der Waals surface area contributed by atoms with Crippen molar-refractivity contribution in [3.05, 3.63) is 57.2 Å². The molecule has 0 spiro atoms. The van der Waals surface area contributed by atoms with Crippen molar-refractivity contribution in [3.63, 3.8) is 0 Å². The monoisotopic (exact) mass is 471 g/mol. The van der Waals surface area contributed by atoms with Gasteiger partial charge in [-0.25, -0.2) is 13.9 Å². The molecule has 2 aromatic heterocycles. The van der Waals surface area contributed by atoms with Crippen molar-refractivity contribution in [2.24, 2.45) is 0 Å². The lowest BCUT2D eigenvalue weighted by Crippen LogP contribution is -2.31. The molecule has 0 saturated carbocycles. The molecule has 3 aromatic rings. The summed E-state index contributed by atoms with van der Waals surface area (Å²) in [6, 6.07) is 4.62. The second-order valence-electron chi connectivity index (χ2n) is 8.93. The summed E-state index contributed by atoms with van der Waals surface area (Å²) < 4.78 is 21.6. The molecule has 0 N–H and O–H groups in total. The van der Waals surface area contributed by atoms with Crippen LogP contribution in [0.1, 0.15) is 52.8 Å². The second-order valence-corrected chi connectivity index (χ2v) is 9.31. The fourth-order valence-corrected chi connectivity index (χ4v) is 4.94. The van der Waals surface area contributed by atoms with Gasteiger partial charge in [0, 0.05) is 24.2 Å². The number of hydrogen-bond acceptors (Lipinski definition) is 5. The Hall–Kier alpha value is -2.71. The van der Waals surface area contributed by atoms with Gasteiger partial charge in [0.1, 0.15) is 18.2 Å². The number of halogens is 2. The maximum Gasteiger partial charge on any atom is 0.258 e. The van der Waals surface area contributed by atoms with E-state index in [0.717, 1.165) is 41.4 Å². The predicted octanol–water partition coefficient (Wildman–Crippen LogP) is 4.16. The number of carbonyl (C=O) groups excluding carboxylic acids is 1. The van der Waals surface area contributed by atoms with Gasteiger partial charge in [-0.2, -0.15) is 5.10 Å². The summed E-state index contributed by atoms with van der Waals surface area (Å²) in [5.41, 5.74) is 4.35. The van der Waals surface area contributed by atoms with Crippen LogP contribution in [0.4, 0.5) is 4.39 Å². The molecule has 1 aromatic carbocycles. The number of aromatic nitrogens is 3. The first-order valence-electron chi connectivity index (χ1n) is 11.3. The molecule has 1 unspecified atom stereocenters. The standard InChI is InChI=1S/C24H27ClFN5O2/c1-14-5-4-8-29(14)9-10-33-21-11-17(26)6-7-18(21)24(32)30-12-19-20(13-30)28-31-16(3)22(25)15(2)27-23(19)31/h6-7,11,14H,4-5,8-10,12-13H2,1-3H3. The van der Waals surface area contributed by atoms with E-state index in [4.69, 9.17) is 16.3 Å². The van der Waals surface area contributed by atoms with Crippen molar-refractivity contribution in [2.75, 3.05) is 19.7 Å². The lowest BCUT2D eigenvalue weighted by Gasteiger charge is -2.22. The smallest absolute Gasteiger partial charge is 0.258 e. The number of fused-ring (bicyclic) bond motifs is 3. The third-order valence-electron chi connectivity index (χ3n) is 6.74. The third kappa shape index (κ3) is 3.95. The summed E-state index contributed by atoms with van der Waals surface area (Å²) in [6.45, 7) is 8.92. The first kappa shape index (κ1) is 22.1. The third-order valence-corrected chi connectivity index (χ3v) is 7.29. The van der Waals surface area contributed by atoms with Crippen LogP contribution in [0.15, 0.2) is 18.2 Å². The highest BCUT2D eigenvalue weighted by Crippen LogP contribution is 2.31. The molecule has 7 nitrogen and oxygen atoms in total. The van der Waals surface area contributed by atoms with Crippen LogP contribution in [0.2, 0.25) is 5.02 Å². The van der Waals surface area contributed by atoms with Gasteiger partial charge in [0.05, 0.1) is 40.8 Å². The number of benzene rings is 1. The Kier molecular flexibility index (Phi) is 5.74. The van der Waals surface area contributed by atoms with Gasteiger partial charge < -0.3 is 9.64 Å². The average molecular weight is 472 g/mol. The highest BCUT2D eigenvalue weighted by atomic mass is 35.5. The molecule has 2 aliphatic heterocycles. The zero-order valence-electron chi connectivity index (χ0n) is 19.1. The molecule has 1 amide bonds. The number of aryl methyl sites for hydroxylation is 2. The zero-order valence-corrected chi connectivity index (χ0v) is 19.8. The molecule has 0 bridgehead atoms. The first-order valence-corrected chi connectivity index (χ1v) is 11.7. The molecule has 5 rings (SSSR count). The SMILES string of the molecule is Cc1nc2c3c(nn2c(C)c1Cl)CN(C(=O)c1ccc(F)cc1OCCN1CCCC1C)C3. The molecule has 174 valence electrons. The number of carbonyl (C=O) groups is 1. The summed E-state index contributed by atoms with van der Waals surface area (Å²) in [5, 5.41) is 5.23. The molecule has 1 atom stereocenters. The molecule has 9 heteroatoms. The quantitative estimate of drug-likeness (QED) is 0.559. The Balaban J connectivity index is 1.35. The number of ether oxygens (including phenoxy) is 1. The topological polar surface area (TPSA) is 63.0 Å². The Bertz CT molecular complexity index is 1240. The van der Waals surface area contributed by atoms with E-state index in [9.17, 15) is 9.18 Å². The predicted molar refractivity (Wildman–Crippen MR) is 123 cm³/mol. The van der Waals surface area contributed by atoms with Crippen LogP contribution in [-0.4, -0.2) is 56.0 Å². The molecule has 1 fully saturated rings. The van der Waals surface area contributed by atoms with E-state index in [1.165, 1.54) is 31.0 Å². The molecule has 0 radical (unpaired) electrons. The van der Waals surface area contributed by atoms with Gasteiger partial charge in [0.15, 0.2) is 5.65 Å². The zero-order chi connectivity index (χ0) is 23.3. The Labute approximate surface area is 197 Å². The van der Waals surface area contributed by atoms with E-state index < -0.39 is 5.82 Å². The number of likely N-dealkylation sites (tertiary alicyclic amines) is 1. The maximum atomic E-state index is 14.0. The largest absolute Gasteiger partial charge is 0.491 e. The van der Waals surface area contributed by atoms with Crippen LogP contribution in [0.25, 0.3) is 5.65 Å². The highest BCUT2D eigenvalue weighted by Gasteiger charge is 2.32. The normalized spacial score (nSPS) is 18.3. The second kappa shape index (κ2) is 8.57. The van der Waals surface area contributed by atoms with Crippen LogP contribution in [0.3, 0.4) is 0 Å². The fourth-order valence-electron chi connectivity index (χ4n) is 4.82. The Morgan fingerprint density at radius 3 is 2.88 bits per heavy atom. The number of hydrogen-bond donors (Lipinski definition) is 0. The van der Waals surface area contributed by atoms with Crippen LogP contribution in [0, 0.1) is 19.7 Å². The summed E-state index contributed by atoms with van der Waals surface area (Å²) in [6.07, 6.45) is 2.37. The van der Waals surface area contributed by atoms with E-state index in [1.807, 2.05) is 13.8 Å². The molecular formula is C24H27ClFN5O2. The van der Waals surface area contributed by atoms with Gasteiger partial charge >= 0.3 is 0 Å². The van der Waals surface area contributed by atoms with Gasteiger partial charge in [-0.1, -0.05) is 11.6 Å². The van der Waals surface area contributed by atoms with Gasteiger partial charge in [0.2, 0.25) is 0 Å². The summed E-state index contributed by atoms with van der Waals surface area (Å²) >= 11 is 6.32. The minimum atomic E-state index is -0.425. The summed E-state index contributed by atoms with van der Waals surface area (Å²) in [5.74, 6) is -0.356. The summed E-state index contributed by atoms with van der Waals surface area (Å²) in [4.78, 5) is 22.0. The van der Waals surface area contributed by atoms with Crippen molar-refractivity contribution in [1.29, 1.82) is 0 Å². The van der Waals surface area contributed by atoms with Crippen LogP contribution in [0.5, 0.6) is 5.75 Å². The Morgan fingerprint density at radius 2 is 2.12 bits per heavy atom. The molecule has 1 saturated heterocycles. The lowest BCUT2D eigenvalue weighted by atomic mass is 10.1. The molecule has 2 aliphatic rings. The number of amides is 1. The van der Waals surface area contributed by atoms with Crippen LogP contribution >= 0.6 is 11.6 Å². The fraction of sp³-hybridized carbons (Fsp3) is 0.458. The number of rotatable bonds is 5. The highest BCUT2D eigenvalue weighted by molar-refractivity contribution is 6.31. The lowest BCUT2D eigenvalue weighted by molar-refractivity contribution is 0.0744. The van der Waals surface area contributed by atoms with E-state index in [0.29, 0.717) is 36.3 Å². The maximum absolute atomic E-state index is 14.0. The number of nitrogens with zero attached hydrogens (tertiary/aromatic N) is 5. The van der Waals surface area contributed by atoms with Gasteiger partial charge in [0.25, 0.3) is 5.91 Å². The molecule has 0 aliphatic carbocycles. The first-order chi connectivity index (χ1) is 15.8. The van der Waals surface area contributed by atoms with E-state index >= 15 is 0 Å². The van der Waals surface area contributed by atoms with Crippen LogP contribution < -0.4 is 4.74 Å². The van der Waals surface area contributed by atoms with Gasteiger partial charge in [-0.3, -0.25) is 9.69 Å². The van der Waals surface area contributed by atoms with Gasteiger partial charge in [-0.05, 0) is 52.3 Å². The molecule has 33 heavy (non-hydrogen) atoms. The van der Waals surface area contributed by atoms with Crippen molar-refractivity contribution in [2.45, 2.75) is 52.7 Å². The minimum Gasteiger partial charge on any atom is -0.491 e.